The van der Waals surface area contributed by atoms with E-state index >= 15 is 0 Å². The molecule has 0 radical (unpaired) electrons. The standard InChI is InChI=1S/Al.Cr.3O.Zn.H. The zero-order chi connectivity index (χ0) is 6.00. The van der Waals surface area contributed by atoms with Crippen molar-refractivity contribution < 1.29 is 45.7 Å². The van der Waals surface area contributed by atoms with E-state index in [0.717, 1.165) is 0 Å². The zero-order valence-corrected chi connectivity index (χ0v) is 8.70. The Hall–Kier alpha value is 1.09. The van der Waals surface area contributed by atoms with Gasteiger partial charge in [-0.05, 0) is 0 Å². The van der Waals surface area contributed by atoms with Crippen molar-refractivity contribution in [3.63, 3.8) is 0 Å². The van der Waals surface area contributed by atoms with Crippen LogP contribution in [0.3, 0.4) is 0 Å². The van der Waals surface area contributed by atoms with E-state index in [1.165, 1.54) is 16.2 Å². The SMILES string of the molecule is [O]=[AlH].[O]=[Cr].[O]=[Zn]. The van der Waals surface area contributed by atoms with Crippen LogP contribution in [-0.4, -0.2) is 16.2 Å². The first-order chi connectivity index (χ1) is 3.00. The minimum atomic E-state index is 0.125. The summed E-state index contributed by atoms with van der Waals surface area (Å²) in [6.45, 7) is 0. The fourth-order valence-electron chi connectivity index (χ4n) is 0. The van der Waals surface area contributed by atoms with Gasteiger partial charge in [-0.1, -0.05) is 0 Å². The molecular formula is HAlCrO3Zn. The molecule has 0 aliphatic rings. The molecule has 6 heteroatoms. The van der Waals surface area contributed by atoms with Crippen LogP contribution in [0.25, 0.3) is 0 Å². The second kappa shape index (κ2) is 133. The zero-order valence-electron chi connectivity index (χ0n) is 3.05. The molecule has 3 nitrogen and oxygen atoms in total. The van der Waals surface area contributed by atoms with Crippen LogP contribution in [0.5, 0.6) is 0 Å². The van der Waals surface area contributed by atoms with E-state index in [4.69, 9.17) is 11.2 Å². The Morgan fingerprint density at radius 1 is 1.17 bits per heavy atom. The van der Waals surface area contributed by atoms with Crippen molar-refractivity contribution in [2.75, 3.05) is 0 Å². The third kappa shape index (κ3) is 71.8. The predicted octanol–water partition coefficient (Wildman–Crippen LogP) is -1.01. The first-order valence-corrected chi connectivity index (χ1v) is 3.05. The van der Waals surface area contributed by atoms with E-state index in [2.05, 4.69) is 0 Å². The van der Waals surface area contributed by atoms with Crippen LogP contribution in [-0.2, 0) is 45.7 Å². The Morgan fingerprint density at radius 3 is 1.17 bits per heavy atom. The number of hydrogen-bond donors (Lipinski definition) is 0. The normalized spacial score (nSPS) is 2.17. The summed E-state index contributed by atoms with van der Waals surface area (Å²) < 4.78 is 24.8. The fraction of sp³-hybridized carbons (Fsp3) is 0. The molecule has 0 rings (SSSR count). The van der Waals surface area contributed by atoms with Crippen LogP contribution < -0.4 is 0 Å². The summed E-state index contributed by atoms with van der Waals surface area (Å²) in [5.41, 5.74) is 0. The Morgan fingerprint density at radius 2 is 1.17 bits per heavy atom. The van der Waals surface area contributed by atoms with Crippen LogP contribution >= 0.6 is 0 Å². The molecule has 0 unspecified atom stereocenters. The van der Waals surface area contributed by atoms with Gasteiger partial charge in [-0.2, -0.15) is 0 Å². The van der Waals surface area contributed by atoms with Crippen molar-refractivity contribution in [3.8, 4) is 0 Å². The Labute approximate surface area is 61.7 Å². The van der Waals surface area contributed by atoms with Gasteiger partial charge in [0.2, 0.25) is 0 Å². The molecule has 0 fully saturated rings. The number of rotatable bonds is 0. The molecule has 0 saturated heterocycles. The van der Waals surface area contributed by atoms with Gasteiger partial charge in [0.15, 0.2) is 0 Å². The molecule has 0 aliphatic heterocycles. The summed E-state index contributed by atoms with van der Waals surface area (Å²) in [5, 5.41) is 0. The monoisotopic (exact) mass is 192 g/mol. The van der Waals surface area contributed by atoms with Gasteiger partial charge in [-0.15, -0.1) is 0 Å². The van der Waals surface area contributed by atoms with Gasteiger partial charge in [0.1, 0.15) is 0 Å². The van der Waals surface area contributed by atoms with E-state index in [9.17, 15) is 0 Å². The van der Waals surface area contributed by atoms with Crippen molar-refractivity contribution >= 4 is 16.2 Å². The summed E-state index contributed by atoms with van der Waals surface area (Å²) in [6, 6.07) is 0. The molecule has 0 aromatic carbocycles. The van der Waals surface area contributed by atoms with Crippen molar-refractivity contribution in [1.29, 1.82) is 0 Å². The third-order valence-corrected chi connectivity index (χ3v) is 0. The molecule has 0 heterocycles. The van der Waals surface area contributed by atoms with Gasteiger partial charge < -0.3 is 0 Å². The summed E-state index contributed by atoms with van der Waals surface area (Å²) in [6.07, 6.45) is 0. The molecule has 30 valence electrons. The van der Waals surface area contributed by atoms with Crippen LogP contribution in [0.4, 0.5) is 0 Å². The van der Waals surface area contributed by atoms with E-state index in [-0.39, 0.29) is 18.3 Å². The summed E-state index contributed by atoms with van der Waals surface area (Å²) in [5.74, 6) is 0. The second-order valence-electron chi connectivity index (χ2n) is 0. The van der Waals surface area contributed by atoms with E-state index in [1.807, 2.05) is 0 Å². The first-order valence-electron chi connectivity index (χ1n) is 0.744. The molecular weight excluding hydrogens is 192 g/mol. The summed E-state index contributed by atoms with van der Waals surface area (Å²) >= 11 is 2.11. The molecule has 0 N–H and O–H groups in total. The molecule has 0 saturated carbocycles. The van der Waals surface area contributed by atoms with Gasteiger partial charge >= 0.3 is 61.9 Å². The van der Waals surface area contributed by atoms with Crippen molar-refractivity contribution in [1.82, 2.24) is 0 Å². The first kappa shape index (κ1) is 15.7. The third-order valence-electron chi connectivity index (χ3n) is 0. The van der Waals surface area contributed by atoms with Crippen LogP contribution in [0.2, 0.25) is 0 Å². The molecule has 0 atom stereocenters. The van der Waals surface area contributed by atoms with Crippen LogP contribution in [0.15, 0.2) is 0 Å². The topological polar surface area (TPSA) is 51.2 Å². The van der Waals surface area contributed by atoms with Gasteiger partial charge in [-0.3, -0.25) is 0 Å². The molecule has 6 heavy (non-hydrogen) atoms. The van der Waals surface area contributed by atoms with Gasteiger partial charge in [0, 0.05) is 0 Å². The molecule has 0 aliphatic carbocycles. The van der Waals surface area contributed by atoms with Crippen molar-refractivity contribution in [2.24, 2.45) is 0 Å². The van der Waals surface area contributed by atoms with Crippen molar-refractivity contribution in [2.45, 2.75) is 0 Å². The predicted molar refractivity (Wildman–Crippen MR) is 9.21 cm³/mol. The molecule has 0 spiro atoms. The van der Waals surface area contributed by atoms with E-state index in [1.54, 1.807) is 0 Å². The summed E-state index contributed by atoms with van der Waals surface area (Å²) in [7, 11) is 0. The Bertz CT molecular complexity index is 15.5. The minimum absolute atomic E-state index is 0.125. The van der Waals surface area contributed by atoms with Crippen LogP contribution in [0.1, 0.15) is 0 Å². The fourth-order valence-corrected chi connectivity index (χ4v) is 0. The molecule has 0 bridgehead atoms. The average Bonchev–Trinajstić information content (AvgIpc) is 1.81. The molecule has 0 aromatic rings. The summed E-state index contributed by atoms with van der Waals surface area (Å²) in [4.78, 5) is 0. The van der Waals surface area contributed by atoms with Crippen molar-refractivity contribution in [3.05, 3.63) is 0 Å². The number of hydrogen-bond acceptors (Lipinski definition) is 3. The maximum absolute atomic E-state index is 8.38. The van der Waals surface area contributed by atoms with E-state index < -0.39 is 0 Å². The second-order valence-corrected chi connectivity index (χ2v) is 0. The Balaban J connectivity index is -0.0000000225. The quantitative estimate of drug-likeness (QED) is 0.463. The van der Waals surface area contributed by atoms with Gasteiger partial charge in [-0.25, -0.2) is 0 Å². The average molecular weight is 193 g/mol. The molecule has 0 amide bonds. The molecule has 0 aromatic heterocycles. The van der Waals surface area contributed by atoms with Gasteiger partial charge in [0.05, 0.1) is 0 Å². The van der Waals surface area contributed by atoms with Gasteiger partial charge in [0.25, 0.3) is 0 Å². The van der Waals surface area contributed by atoms with E-state index in [0.29, 0.717) is 16.2 Å². The van der Waals surface area contributed by atoms with Crippen LogP contribution in [0, 0.1) is 0 Å². The Kier molecular flexibility index (Phi) is 349. The maximum atomic E-state index is 8.38.